The molecule has 1 unspecified atom stereocenters. The monoisotopic (exact) mass is 294 g/mol. The first-order valence-corrected chi connectivity index (χ1v) is 7.77. The smallest absolute Gasteiger partial charge is 0.242 e. The molecule has 0 spiro atoms. The summed E-state index contributed by atoms with van der Waals surface area (Å²) < 4.78 is 0. The predicted molar refractivity (Wildman–Crippen MR) is 84.3 cm³/mol. The van der Waals surface area contributed by atoms with E-state index in [1.807, 2.05) is 32.0 Å². The molecule has 1 aromatic rings. The third-order valence-corrected chi connectivity index (χ3v) is 4.15. The molecule has 1 atom stereocenters. The second-order valence-corrected chi connectivity index (χ2v) is 6.10. The van der Waals surface area contributed by atoms with Crippen molar-refractivity contribution < 1.29 is 4.79 Å². The second kappa shape index (κ2) is 6.98. The maximum atomic E-state index is 12.2. The second-order valence-electron chi connectivity index (χ2n) is 5.69. The summed E-state index contributed by atoms with van der Waals surface area (Å²) in [6.07, 6.45) is 5.93. The SMILES string of the molecule is Cc1ccc(NC(C)C(=O)NC2CCCCC2)c(Cl)c1. The van der Waals surface area contributed by atoms with Gasteiger partial charge in [0, 0.05) is 6.04 Å². The first kappa shape index (κ1) is 15.2. The molecule has 1 amide bonds. The number of nitrogens with one attached hydrogen (secondary N) is 2. The van der Waals surface area contributed by atoms with Crippen molar-refractivity contribution in [2.75, 3.05) is 5.32 Å². The normalized spacial score (nSPS) is 17.6. The fourth-order valence-corrected chi connectivity index (χ4v) is 2.90. The Balaban J connectivity index is 1.89. The largest absolute Gasteiger partial charge is 0.373 e. The predicted octanol–water partition coefficient (Wildman–Crippen LogP) is 3.90. The van der Waals surface area contributed by atoms with Gasteiger partial charge in [-0.15, -0.1) is 0 Å². The lowest BCUT2D eigenvalue weighted by molar-refractivity contribution is -0.122. The zero-order valence-corrected chi connectivity index (χ0v) is 13.0. The van der Waals surface area contributed by atoms with Crippen molar-refractivity contribution in [3.8, 4) is 0 Å². The standard InChI is InChI=1S/C16H23ClN2O/c1-11-8-9-15(14(17)10-11)18-12(2)16(20)19-13-6-4-3-5-7-13/h8-10,12-13,18H,3-7H2,1-2H3,(H,19,20). The van der Waals surface area contributed by atoms with Crippen LogP contribution in [0.2, 0.25) is 5.02 Å². The van der Waals surface area contributed by atoms with Crippen LogP contribution in [0.3, 0.4) is 0 Å². The molecule has 1 fully saturated rings. The van der Waals surface area contributed by atoms with Crippen molar-refractivity contribution >= 4 is 23.2 Å². The van der Waals surface area contributed by atoms with Crippen LogP contribution in [0.5, 0.6) is 0 Å². The van der Waals surface area contributed by atoms with E-state index in [0.29, 0.717) is 11.1 Å². The summed E-state index contributed by atoms with van der Waals surface area (Å²) in [5.41, 5.74) is 1.92. The molecule has 1 aliphatic rings. The molecule has 0 heterocycles. The van der Waals surface area contributed by atoms with E-state index in [2.05, 4.69) is 10.6 Å². The summed E-state index contributed by atoms with van der Waals surface area (Å²) >= 11 is 6.18. The van der Waals surface area contributed by atoms with E-state index in [1.54, 1.807) is 0 Å². The molecule has 20 heavy (non-hydrogen) atoms. The molecule has 1 aromatic carbocycles. The van der Waals surface area contributed by atoms with Gasteiger partial charge in [-0.2, -0.15) is 0 Å². The van der Waals surface area contributed by atoms with Crippen LogP contribution in [0.1, 0.15) is 44.6 Å². The minimum atomic E-state index is -0.280. The Morgan fingerprint density at radius 2 is 2.00 bits per heavy atom. The Hall–Kier alpha value is -1.22. The number of carbonyl (C=O) groups excluding carboxylic acids is 1. The molecule has 0 saturated heterocycles. The number of halogens is 1. The molecular formula is C16H23ClN2O. The van der Waals surface area contributed by atoms with Crippen LogP contribution in [0.15, 0.2) is 18.2 Å². The van der Waals surface area contributed by atoms with Crippen LogP contribution in [0.25, 0.3) is 0 Å². The van der Waals surface area contributed by atoms with E-state index in [0.717, 1.165) is 24.1 Å². The Morgan fingerprint density at radius 1 is 1.30 bits per heavy atom. The van der Waals surface area contributed by atoms with Gasteiger partial charge in [-0.3, -0.25) is 4.79 Å². The van der Waals surface area contributed by atoms with Gasteiger partial charge in [-0.1, -0.05) is 36.9 Å². The molecule has 0 bridgehead atoms. The van der Waals surface area contributed by atoms with Crippen molar-refractivity contribution in [1.82, 2.24) is 5.32 Å². The zero-order valence-electron chi connectivity index (χ0n) is 12.2. The highest BCUT2D eigenvalue weighted by Gasteiger charge is 2.19. The Bertz CT molecular complexity index is 470. The highest BCUT2D eigenvalue weighted by Crippen LogP contribution is 2.23. The zero-order chi connectivity index (χ0) is 14.5. The summed E-state index contributed by atoms with van der Waals surface area (Å²) in [6, 6.07) is 5.86. The van der Waals surface area contributed by atoms with Crippen LogP contribution >= 0.6 is 11.6 Å². The first-order chi connectivity index (χ1) is 9.56. The number of amides is 1. The molecule has 0 aromatic heterocycles. The molecule has 110 valence electrons. The van der Waals surface area contributed by atoms with Gasteiger partial charge < -0.3 is 10.6 Å². The molecule has 3 nitrogen and oxygen atoms in total. The molecule has 0 aliphatic heterocycles. The fourth-order valence-electron chi connectivity index (χ4n) is 2.61. The van der Waals surface area contributed by atoms with E-state index in [1.165, 1.54) is 19.3 Å². The first-order valence-electron chi connectivity index (χ1n) is 7.39. The van der Waals surface area contributed by atoms with E-state index in [4.69, 9.17) is 11.6 Å². The van der Waals surface area contributed by atoms with Crippen molar-refractivity contribution in [2.24, 2.45) is 0 Å². The third-order valence-electron chi connectivity index (χ3n) is 3.84. The summed E-state index contributed by atoms with van der Waals surface area (Å²) in [7, 11) is 0. The van der Waals surface area contributed by atoms with Gasteiger partial charge in [0.25, 0.3) is 0 Å². The number of aryl methyl sites for hydroxylation is 1. The van der Waals surface area contributed by atoms with Crippen LogP contribution < -0.4 is 10.6 Å². The number of carbonyl (C=O) groups is 1. The number of anilines is 1. The minimum Gasteiger partial charge on any atom is -0.373 e. The summed E-state index contributed by atoms with van der Waals surface area (Å²) in [5, 5.41) is 6.96. The van der Waals surface area contributed by atoms with E-state index < -0.39 is 0 Å². The molecule has 0 radical (unpaired) electrons. The lowest BCUT2D eigenvalue weighted by Gasteiger charge is -2.25. The molecule has 2 rings (SSSR count). The van der Waals surface area contributed by atoms with Gasteiger partial charge in [-0.25, -0.2) is 0 Å². The van der Waals surface area contributed by atoms with Crippen LogP contribution in [0.4, 0.5) is 5.69 Å². The lowest BCUT2D eigenvalue weighted by Crippen LogP contribution is -2.44. The molecule has 1 saturated carbocycles. The Labute approximate surface area is 126 Å². The number of benzene rings is 1. The van der Waals surface area contributed by atoms with Crippen LogP contribution in [0, 0.1) is 6.92 Å². The van der Waals surface area contributed by atoms with Gasteiger partial charge in [0.2, 0.25) is 5.91 Å². The van der Waals surface area contributed by atoms with Crippen LogP contribution in [-0.2, 0) is 4.79 Å². The van der Waals surface area contributed by atoms with Gasteiger partial charge in [0.05, 0.1) is 10.7 Å². The van der Waals surface area contributed by atoms with Crippen molar-refractivity contribution in [1.29, 1.82) is 0 Å². The molecular weight excluding hydrogens is 272 g/mol. The maximum absolute atomic E-state index is 12.2. The molecule has 1 aliphatic carbocycles. The summed E-state index contributed by atoms with van der Waals surface area (Å²) in [6.45, 7) is 3.86. The average molecular weight is 295 g/mol. The lowest BCUT2D eigenvalue weighted by atomic mass is 9.95. The minimum absolute atomic E-state index is 0.0496. The number of hydrogen-bond donors (Lipinski definition) is 2. The average Bonchev–Trinajstić information content (AvgIpc) is 2.43. The maximum Gasteiger partial charge on any atom is 0.242 e. The highest BCUT2D eigenvalue weighted by molar-refractivity contribution is 6.33. The van der Waals surface area contributed by atoms with E-state index in [9.17, 15) is 4.79 Å². The topological polar surface area (TPSA) is 41.1 Å². The van der Waals surface area contributed by atoms with Crippen LogP contribution in [-0.4, -0.2) is 18.0 Å². The quantitative estimate of drug-likeness (QED) is 0.884. The summed E-state index contributed by atoms with van der Waals surface area (Å²) in [5.74, 6) is 0.0496. The summed E-state index contributed by atoms with van der Waals surface area (Å²) in [4.78, 5) is 12.2. The molecule has 4 heteroatoms. The highest BCUT2D eigenvalue weighted by atomic mass is 35.5. The van der Waals surface area contributed by atoms with E-state index >= 15 is 0 Å². The van der Waals surface area contributed by atoms with E-state index in [-0.39, 0.29) is 11.9 Å². The Morgan fingerprint density at radius 3 is 2.65 bits per heavy atom. The number of rotatable bonds is 4. The van der Waals surface area contributed by atoms with Gasteiger partial charge >= 0.3 is 0 Å². The van der Waals surface area contributed by atoms with Gasteiger partial charge in [0.15, 0.2) is 0 Å². The van der Waals surface area contributed by atoms with Crippen molar-refractivity contribution in [2.45, 2.75) is 58.0 Å². The molecule has 2 N–H and O–H groups in total. The van der Waals surface area contributed by atoms with Crippen molar-refractivity contribution in [3.63, 3.8) is 0 Å². The van der Waals surface area contributed by atoms with Gasteiger partial charge in [0.1, 0.15) is 6.04 Å². The van der Waals surface area contributed by atoms with Crippen molar-refractivity contribution in [3.05, 3.63) is 28.8 Å². The Kier molecular flexibility index (Phi) is 5.30. The van der Waals surface area contributed by atoms with Gasteiger partial charge in [-0.05, 0) is 44.4 Å². The number of hydrogen-bond acceptors (Lipinski definition) is 2. The third kappa shape index (κ3) is 4.14. The fraction of sp³-hybridized carbons (Fsp3) is 0.562.